The van der Waals surface area contributed by atoms with Gasteiger partial charge >= 0.3 is 0 Å². The van der Waals surface area contributed by atoms with E-state index in [2.05, 4.69) is 22.2 Å². The van der Waals surface area contributed by atoms with E-state index in [9.17, 15) is 0 Å². The van der Waals surface area contributed by atoms with Crippen molar-refractivity contribution in [2.75, 3.05) is 33.8 Å². The van der Waals surface area contributed by atoms with Crippen molar-refractivity contribution in [2.24, 2.45) is 5.92 Å². The molecule has 0 amide bonds. The zero-order valence-corrected chi connectivity index (χ0v) is 11.4. The van der Waals surface area contributed by atoms with Crippen LogP contribution in [0.25, 0.3) is 0 Å². The van der Waals surface area contributed by atoms with Crippen molar-refractivity contribution in [2.45, 2.75) is 19.4 Å². The molecule has 1 N–H and O–H groups in total. The minimum absolute atomic E-state index is 0.687. The van der Waals surface area contributed by atoms with E-state index in [-0.39, 0.29) is 0 Å². The quantitative estimate of drug-likeness (QED) is 0.858. The van der Waals surface area contributed by atoms with Gasteiger partial charge in [0.1, 0.15) is 0 Å². The van der Waals surface area contributed by atoms with Crippen LogP contribution >= 0.6 is 0 Å². The third kappa shape index (κ3) is 3.96. The van der Waals surface area contributed by atoms with E-state index in [4.69, 9.17) is 4.74 Å². The molecule has 0 aromatic carbocycles. The number of likely N-dealkylation sites (tertiary alicyclic amines) is 1. The first-order valence-electron chi connectivity index (χ1n) is 6.67. The van der Waals surface area contributed by atoms with Crippen LogP contribution in [0.15, 0.2) is 18.2 Å². The summed E-state index contributed by atoms with van der Waals surface area (Å²) in [7, 11) is 3.85. The van der Waals surface area contributed by atoms with E-state index < -0.39 is 0 Å². The summed E-state index contributed by atoms with van der Waals surface area (Å²) in [4.78, 5) is 6.81. The van der Waals surface area contributed by atoms with Gasteiger partial charge < -0.3 is 15.0 Å². The Kier molecular flexibility index (Phi) is 4.96. The molecule has 4 nitrogen and oxygen atoms in total. The number of hydrogen-bond acceptors (Lipinski definition) is 4. The third-order valence-corrected chi connectivity index (χ3v) is 3.45. The molecule has 1 unspecified atom stereocenters. The molecule has 0 aliphatic carbocycles. The van der Waals surface area contributed by atoms with Crippen molar-refractivity contribution in [3.05, 3.63) is 23.9 Å². The highest BCUT2D eigenvalue weighted by molar-refractivity contribution is 5.15. The van der Waals surface area contributed by atoms with Gasteiger partial charge in [0, 0.05) is 19.2 Å². The maximum absolute atomic E-state index is 5.12. The zero-order chi connectivity index (χ0) is 12.8. The second-order valence-corrected chi connectivity index (χ2v) is 5.07. The largest absolute Gasteiger partial charge is 0.481 e. The van der Waals surface area contributed by atoms with Crippen LogP contribution in [-0.2, 0) is 6.54 Å². The molecule has 1 fully saturated rings. The molecule has 1 aliphatic heterocycles. The van der Waals surface area contributed by atoms with Crippen molar-refractivity contribution < 1.29 is 4.74 Å². The molecule has 0 saturated carbocycles. The summed E-state index contributed by atoms with van der Waals surface area (Å²) in [5.41, 5.74) is 1.04. The van der Waals surface area contributed by atoms with Gasteiger partial charge in [0.2, 0.25) is 5.88 Å². The highest BCUT2D eigenvalue weighted by Gasteiger charge is 2.16. The number of nitrogens with zero attached hydrogens (tertiary/aromatic N) is 2. The fourth-order valence-electron chi connectivity index (χ4n) is 2.51. The Morgan fingerprint density at radius 2 is 2.39 bits per heavy atom. The topological polar surface area (TPSA) is 37.4 Å². The van der Waals surface area contributed by atoms with Crippen LogP contribution in [0.3, 0.4) is 0 Å². The van der Waals surface area contributed by atoms with Crippen LogP contribution in [0.2, 0.25) is 0 Å². The maximum atomic E-state index is 5.12. The van der Waals surface area contributed by atoms with Gasteiger partial charge in [-0.05, 0) is 45.0 Å². The normalized spacial score (nSPS) is 20.9. The number of aromatic nitrogens is 1. The molecule has 2 heterocycles. The fraction of sp³-hybridized carbons (Fsp3) is 0.643. The Labute approximate surface area is 109 Å². The summed E-state index contributed by atoms with van der Waals surface area (Å²) in [5.74, 6) is 1.46. The summed E-state index contributed by atoms with van der Waals surface area (Å²) in [6, 6.07) is 5.89. The van der Waals surface area contributed by atoms with Crippen molar-refractivity contribution >= 4 is 0 Å². The summed E-state index contributed by atoms with van der Waals surface area (Å²) in [5, 5.41) is 3.50. The average molecular weight is 249 g/mol. The first-order chi connectivity index (χ1) is 8.78. The Balaban J connectivity index is 1.74. The van der Waals surface area contributed by atoms with Crippen LogP contribution in [0.4, 0.5) is 0 Å². The highest BCUT2D eigenvalue weighted by Crippen LogP contribution is 2.14. The minimum atomic E-state index is 0.687. The van der Waals surface area contributed by atoms with Gasteiger partial charge in [-0.2, -0.15) is 0 Å². The Hall–Kier alpha value is -1.13. The molecule has 1 aromatic rings. The number of rotatable bonds is 5. The first kappa shape index (κ1) is 13.3. The first-order valence-corrected chi connectivity index (χ1v) is 6.67. The lowest BCUT2D eigenvalue weighted by molar-refractivity contribution is 0.206. The number of ether oxygens (including phenoxy) is 1. The minimum Gasteiger partial charge on any atom is -0.481 e. The second kappa shape index (κ2) is 6.71. The summed E-state index contributed by atoms with van der Waals surface area (Å²) >= 11 is 0. The molecule has 1 saturated heterocycles. The molecule has 100 valence electrons. The zero-order valence-electron chi connectivity index (χ0n) is 11.4. The van der Waals surface area contributed by atoms with Gasteiger partial charge in [-0.15, -0.1) is 0 Å². The van der Waals surface area contributed by atoms with Gasteiger partial charge in [-0.25, -0.2) is 4.98 Å². The van der Waals surface area contributed by atoms with Crippen molar-refractivity contribution in [3.63, 3.8) is 0 Å². The summed E-state index contributed by atoms with van der Waals surface area (Å²) in [6.07, 6.45) is 2.66. The molecule has 4 heteroatoms. The van der Waals surface area contributed by atoms with E-state index in [0.29, 0.717) is 5.88 Å². The number of nitrogens with one attached hydrogen (secondary N) is 1. The van der Waals surface area contributed by atoms with Crippen molar-refractivity contribution in [1.82, 2.24) is 15.2 Å². The maximum Gasteiger partial charge on any atom is 0.213 e. The predicted octanol–water partition coefficient (Wildman–Crippen LogP) is 1.52. The molecular weight excluding hydrogens is 226 g/mol. The Morgan fingerprint density at radius 3 is 3.17 bits per heavy atom. The Bertz CT molecular complexity index is 370. The van der Waals surface area contributed by atoms with E-state index >= 15 is 0 Å². The number of piperidine rings is 1. The molecule has 18 heavy (non-hydrogen) atoms. The van der Waals surface area contributed by atoms with Gasteiger partial charge in [0.05, 0.1) is 12.8 Å². The van der Waals surface area contributed by atoms with Crippen LogP contribution < -0.4 is 10.1 Å². The van der Waals surface area contributed by atoms with Gasteiger partial charge in [-0.1, -0.05) is 6.07 Å². The number of pyridine rings is 1. The van der Waals surface area contributed by atoms with Gasteiger partial charge in [0.25, 0.3) is 0 Å². The lowest BCUT2D eigenvalue weighted by Crippen LogP contribution is -2.37. The molecule has 0 radical (unpaired) electrons. The van der Waals surface area contributed by atoms with Crippen molar-refractivity contribution in [3.8, 4) is 5.88 Å². The number of hydrogen-bond donors (Lipinski definition) is 1. The number of methoxy groups -OCH3 is 1. The molecule has 2 rings (SSSR count). The van der Waals surface area contributed by atoms with E-state index in [1.54, 1.807) is 7.11 Å². The smallest absolute Gasteiger partial charge is 0.213 e. The lowest BCUT2D eigenvalue weighted by atomic mass is 9.98. The Morgan fingerprint density at radius 1 is 1.50 bits per heavy atom. The summed E-state index contributed by atoms with van der Waals surface area (Å²) in [6.45, 7) is 4.34. The molecule has 1 atom stereocenters. The standard InChI is InChI=1S/C14H23N3O/c1-17-8-4-5-12(11-17)9-15-10-13-6-3-7-14(16-13)18-2/h3,6-7,12,15H,4-5,8-11H2,1-2H3. The lowest BCUT2D eigenvalue weighted by Gasteiger charge is -2.29. The van der Waals surface area contributed by atoms with E-state index in [1.165, 1.54) is 25.9 Å². The average Bonchev–Trinajstić information content (AvgIpc) is 2.39. The predicted molar refractivity (Wildman–Crippen MR) is 72.7 cm³/mol. The SMILES string of the molecule is COc1cccc(CNCC2CCCN(C)C2)n1. The van der Waals surface area contributed by atoms with Crippen LogP contribution in [-0.4, -0.2) is 43.7 Å². The highest BCUT2D eigenvalue weighted by atomic mass is 16.5. The third-order valence-electron chi connectivity index (χ3n) is 3.45. The van der Waals surface area contributed by atoms with Crippen LogP contribution in [0.1, 0.15) is 18.5 Å². The second-order valence-electron chi connectivity index (χ2n) is 5.07. The monoisotopic (exact) mass is 249 g/mol. The van der Waals surface area contributed by atoms with Crippen LogP contribution in [0.5, 0.6) is 5.88 Å². The molecular formula is C14H23N3O. The molecule has 0 bridgehead atoms. The van der Waals surface area contributed by atoms with E-state index in [1.807, 2.05) is 18.2 Å². The van der Waals surface area contributed by atoms with Gasteiger partial charge in [0.15, 0.2) is 0 Å². The van der Waals surface area contributed by atoms with Crippen LogP contribution in [0, 0.1) is 5.92 Å². The van der Waals surface area contributed by atoms with Gasteiger partial charge in [-0.3, -0.25) is 0 Å². The van der Waals surface area contributed by atoms with Crippen molar-refractivity contribution in [1.29, 1.82) is 0 Å². The summed E-state index contributed by atoms with van der Waals surface area (Å²) < 4.78 is 5.12. The fourth-order valence-corrected chi connectivity index (χ4v) is 2.51. The molecule has 1 aromatic heterocycles. The molecule has 1 aliphatic rings. The molecule has 0 spiro atoms. The van der Waals surface area contributed by atoms with E-state index in [0.717, 1.165) is 24.7 Å².